The van der Waals surface area contributed by atoms with Gasteiger partial charge in [0.1, 0.15) is 12.4 Å². The summed E-state index contributed by atoms with van der Waals surface area (Å²) in [5, 5.41) is 0.481. The van der Waals surface area contributed by atoms with Crippen LogP contribution in [0.5, 0.6) is 5.75 Å². The zero-order chi connectivity index (χ0) is 17.8. The number of hydrogen-bond donors (Lipinski definition) is 0. The molecule has 4 nitrogen and oxygen atoms in total. The Morgan fingerprint density at radius 2 is 1.96 bits per heavy atom. The Balaban J connectivity index is 1.80. The maximum absolute atomic E-state index is 12.0. The molecular formula is C20H16ClNO3. The zero-order valence-corrected chi connectivity index (χ0v) is 14.4. The van der Waals surface area contributed by atoms with Crippen LogP contribution in [0.1, 0.15) is 18.1 Å². The molecule has 0 saturated heterocycles. The molecule has 0 N–H and O–H groups in total. The van der Waals surface area contributed by atoms with Crippen LogP contribution in [0.2, 0.25) is 5.02 Å². The summed E-state index contributed by atoms with van der Waals surface area (Å²) in [5.41, 5.74) is 2.58. The van der Waals surface area contributed by atoms with E-state index in [-0.39, 0.29) is 11.6 Å². The van der Waals surface area contributed by atoms with Gasteiger partial charge in [0.05, 0.1) is 10.6 Å². The second-order valence-corrected chi connectivity index (χ2v) is 6.04. The van der Waals surface area contributed by atoms with Crippen LogP contribution in [-0.4, -0.2) is 18.5 Å². The maximum Gasteiger partial charge on any atom is 0.363 e. The predicted octanol–water partition coefficient (Wildman–Crippen LogP) is 4.64. The third-order valence-electron chi connectivity index (χ3n) is 3.39. The molecule has 0 spiro atoms. The number of benzene rings is 2. The van der Waals surface area contributed by atoms with Gasteiger partial charge in [0, 0.05) is 0 Å². The molecule has 0 amide bonds. The number of carbonyl (C=O) groups excluding carboxylic acids is 1. The first-order chi connectivity index (χ1) is 12.0. The van der Waals surface area contributed by atoms with Crippen molar-refractivity contribution in [2.45, 2.75) is 6.92 Å². The van der Waals surface area contributed by atoms with Crippen molar-refractivity contribution in [1.29, 1.82) is 0 Å². The lowest BCUT2D eigenvalue weighted by Crippen LogP contribution is -2.05. The lowest BCUT2D eigenvalue weighted by atomic mass is 10.2. The van der Waals surface area contributed by atoms with E-state index in [0.29, 0.717) is 17.2 Å². The molecule has 126 valence electrons. The topological polar surface area (TPSA) is 47.9 Å². The predicted molar refractivity (Wildman–Crippen MR) is 98.8 cm³/mol. The van der Waals surface area contributed by atoms with Gasteiger partial charge in [-0.2, -0.15) is 0 Å². The first-order valence-electron chi connectivity index (χ1n) is 7.67. The first-order valence-corrected chi connectivity index (χ1v) is 8.05. The molecule has 25 heavy (non-hydrogen) atoms. The monoisotopic (exact) mass is 353 g/mol. The number of rotatable bonds is 5. The van der Waals surface area contributed by atoms with Crippen molar-refractivity contribution in [3.63, 3.8) is 0 Å². The number of ether oxygens (including phenoxy) is 2. The quantitative estimate of drug-likeness (QED) is 0.447. The third kappa shape index (κ3) is 4.17. The first kappa shape index (κ1) is 17.0. The fourth-order valence-corrected chi connectivity index (χ4v) is 2.40. The summed E-state index contributed by atoms with van der Waals surface area (Å²) in [4.78, 5) is 16.3. The van der Waals surface area contributed by atoms with Gasteiger partial charge in [-0.25, -0.2) is 9.79 Å². The number of hydrogen-bond acceptors (Lipinski definition) is 4. The Hall–Kier alpha value is -2.85. The molecule has 1 aliphatic heterocycles. The van der Waals surface area contributed by atoms with Gasteiger partial charge in [-0.1, -0.05) is 42.4 Å². The van der Waals surface area contributed by atoms with Crippen molar-refractivity contribution in [2.75, 3.05) is 6.61 Å². The van der Waals surface area contributed by atoms with Crippen LogP contribution in [-0.2, 0) is 9.53 Å². The molecule has 0 saturated carbocycles. The lowest BCUT2D eigenvalue weighted by Gasteiger charge is -2.05. The summed E-state index contributed by atoms with van der Waals surface area (Å²) in [7, 11) is 0. The molecule has 2 aromatic rings. The van der Waals surface area contributed by atoms with E-state index in [1.807, 2.05) is 37.3 Å². The summed E-state index contributed by atoms with van der Waals surface area (Å²) in [6, 6.07) is 14.4. The smallest absolute Gasteiger partial charge is 0.363 e. The van der Waals surface area contributed by atoms with E-state index in [2.05, 4.69) is 11.6 Å². The Morgan fingerprint density at radius 1 is 1.24 bits per heavy atom. The lowest BCUT2D eigenvalue weighted by molar-refractivity contribution is -0.129. The molecule has 2 aromatic carbocycles. The van der Waals surface area contributed by atoms with E-state index in [1.165, 1.54) is 0 Å². The minimum absolute atomic E-state index is 0.211. The maximum atomic E-state index is 12.0. The van der Waals surface area contributed by atoms with Gasteiger partial charge in [0.25, 0.3) is 0 Å². The second kappa shape index (κ2) is 7.36. The van der Waals surface area contributed by atoms with Crippen LogP contribution < -0.4 is 4.74 Å². The van der Waals surface area contributed by atoms with Crippen LogP contribution in [0.15, 0.2) is 71.4 Å². The number of halogens is 1. The third-order valence-corrected chi connectivity index (χ3v) is 3.72. The van der Waals surface area contributed by atoms with E-state index in [0.717, 1.165) is 16.9 Å². The Bertz CT molecular complexity index is 882. The molecule has 0 unspecified atom stereocenters. The van der Waals surface area contributed by atoms with Crippen LogP contribution in [0, 0.1) is 0 Å². The summed E-state index contributed by atoms with van der Waals surface area (Å²) in [6.07, 6.45) is 1.66. The molecule has 5 heteroatoms. The number of nitrogens with zero attached hydrogens (tertiary/aromatic N) is 1. The van der Waals surface area contributed by atoms with Gasteiger partial charge >= 0.3 is 5.97 Å². The van der Waals surface area contributed by atoms with E-state index >= 15 is 0 Å². The molecule has 1 aliphatic rings. The minimum atomic E-state index is -0.502. The minimum Gasteiger partial charge on any atom is -0.489 e. The van der Waals surface area contributed by atoms with Crippen LogP contribution in [0.25, 0.3) is 6.08 Å². The molecule has 0 atom stereocenters. The highest BCUT2D eigenvalue weighted by Gasteiger charge is 2.25. The van der Waals surface area contributed by atoms with Gasteiger partial charge in [-0.05, 0) is 48.4 Å². The largest absolute Gasteiger partial charge is 0.489 e. The number of esters is 1. The average Bonchev–Trinajstić information content (AvgIpc) is 2.95. The Kier molecular flexibility index (Phi) is 5.00. The highest BCUT2D eigenvalue weighted by atomic mass is 35.5. The average molecular weight is 354 g/mol. The molecule has 0 aliphatic carbocycles. The summed E-state index contributed by atoms with van der Waals surface area (Å²) < 4.78 is 10.8. The van der Waals surface area contributed by atoms with Crippen LogP contribution in [0.3, 0.4) is 0 Å². The number of cyclic esters (lactones) is 1. The van der Waals surface area contributed by atoms with Crippen molar-refractivity contribution < 1.29 is 14.3 Å². The molecule has 0 aromatic heterocycles. The van der Waals surface area contributed by atoms with Gasteiger partial charge in [-0.15, -0.1) is 0 Å². The van der Waals surface area contributed by atoms with Crippen molar-refractivity contribution >= 4 is 29.5 Å². The van der Waals surface area contributed by atoms with Crippen LogP contribution >= 0.6 is 11.6 Å². The van der Waals surface area contributed by atoms with Gasteiger partial charge in [0.15, 0.2) is 5.70 Å². The van der Waals surface area contributed by atoms with E-state index < -0.39 is 5.97 Å². The van der Waals surface area contributed by atoms with Crippen LogP contribution in [0.4, 0.5) is 0 Å². The summed E-state index contributed by atoms with van der Waals surface area (Å²) in [6.45, 7) is 6.17. The summed E-state index contributed by atoms with van der Waals surface area (Å²) >= 11 is 6.12. The Morgan fingerprint density at radius 3 is 2.64 bits per heavy atom. The molecular weight excluding hydrogens is 338 g/mol. The SMILES string of the molecule is C=C(C)COc1ccc(C=C2N=C(c3ccccc3Cl)OC2=O)cc1. The Labute approximate surface area is 151 Å². The van der Waals surface area contributed by atoms with E-state index in [4.69, 9.17) is 21.1 Å². The molecule has 3 rings (SSSR count). The van der Waals surface area contributed by atoms with Gasteiger partial charge in [-0.3, -0.25) is 0 Å². The standard InChI is InChI=1S/C20H16ClNO3/c1-13(2)12-24-15-9-7-14(8-10-15)11-18-20(23)25-19(22-18)16-5-3-4-6-17(16)21/h3-11H,1,12H2,2H3. The molecule has 0 radical (unpaired) electrons. The number of aliphatic imine (C=N–C) groups is 1. The second-order valence-electron chi connectivity index (χ2n) is 5.63. The highest BCUT2D eigenvalue weighted by molar-refractivity contribution is 6.34. The fraction of sp³-hybridized carbons (Fsp3) is 0.100. The van der Waals surface area contributed by atoms with E-state index in [1.54, 1.807) is 24.3 Å². The van der Waals surface area contributed by atoms with Crippen molar-refractivity contribution in [2.24, 2.45) is 4.99 Å². The number of carbonyl (C=O) groups is 1. The van der Waals surface area contributed by atoms with Gasteiger partial charge in [0.2, 0.25) is 5.90 Å². The van der Waals surface area contributed by atoms with Crippen molar-refractivity contribution in [1.82, 2.24) is 0 Å². The fourth-order valence-electron chi connectivity index (χ4n) is 2.18. The zero-order valence-electron chi connectivity index (χ0n) is 13.7. The molecule has 0 bridgehead atoms. The molecule has 0 fully saturated rings. The van der Waals surface area contributed by atoms with Crippen molar-refractivity contribution in [3.05, 3.63) is 82.5 Å². The summed E-state index contributed by atoms with van der Waals surface area (Å²) in [5.74, 6) is 0.445. The normalized spacial score (nSPS) is 15.0. The highest BCUT2D eigenvalue weighted by Crippen LogP contribution is 2.24. The van der Waals surface area contributed by atoms with Crippen molar-refractivity contribution in [3.8, 4) is 5.75 Å². The molecule has 1 heterocycles. The van der Waals surface area contributed by atoms with Gasteiger partial charge < -0.3 is 9.47 Å². The van der Waals surface area contributed by atoms with E-state index in [9.17, 15) is 4.79 Å².